The maximum atomic E-state index is 12.8. The van der Waals surface area contributed by atoms with Crippen molar-refractivity contribution in [1.29, 1.82) is 0 Å². The molecule has 1 aromatic rings. The second-order valence-electron chi connectivity index (χ2n) is 7.19. The number of nitrogens with one attached hydrogen (secondary N) is 1. The molecular formula is C19H29ClN2O. The highest BCUT2D eigenvalue weighted by Crippen LogP contribution is 2.28. The lowest BCUT2D eigenvalue weighted by molar-refractivity contribution is 0.0703. The molecule has 0 aromatic heterocycles. The molecule has 4 heteroatoms. The first-order chi connectivity index (χ1) is 10.5. The van der Waals surface area contributed by atoms with E-state index in [1.54, 1.807) is 0 Å². The van der Waals surface area contributed by atoms with Crippen molar-refractivity contribution in [2.24, 2.45) is 5.92 Å². The van der Waals surface area contributed by atoms with Gasteiger partial charge < -0.3 is 10.2 Å². The number of rotatable bonds is 4. The number of carbonyl (C=O) groups excluding carboxylic acids is 1. The highest BCUT2D eigenvalue weighted by Gasteiger charge is 2.27. The van der Waals surface area contributed by atoms with Gasteiger partial charge in [-0.2, -0.15) is 0 Å². The predicted octanol–water partition coefficient (Wildman–Crippen LogP) is 3.64. The van der Waals surface area contributed by atoms with Crippen LogP contribution in [0.4, 0.5) is 0 Å². The number of piperidine rings is 1. The molecule has 3 nitrogen and oxygen atoms in total. The van der Waals surface area contributed by atoms with Gasteiger partial charge in [-0.25, -0.2) is 0 Å². The van der Waals surface area contributed by atoms with Gasteiger partial charge in [-0.3, -0.25) is 4.79 Å². The average molecular weight is 337 g/mol. The summed E-state index contributed by atoms with van der Waals surface area (Å²) in [5.41, 5.74) is 4.36. The van der Waals surface area contributed by atoms with Gasteiger partial charge in [0, 0.05) is 24.7 Å². The van der Waals surface area contributed by atoms with Crippen LogP contribution in [0, 0.1) is 26.7 Å². The van der Waals surface area contributed by atoms with Gasteiger partial charge in [-0.15, -0.1) is 12.4 Å². The maximum Gasteiger partial charge on any atom is 0.254 e. The normalized spacial score (nSPS) is 18.7. The molecule has 2 fully saturated rings. The third-order valence-corrected chi connectivity index (χ3v) is 5.07. The molecule has 0 unspecified atom stereocenters. The van der Waals surface area contributed by atoms with E-state index in [1.165, 1.54) is 24.9 Å². The zero-order valence-electron chi connectivity index (χ0n) is 14.5. The molecule has 0 radical (unpaired) electrons. The van der Waals surface area contributed by atoms with Crippen LogP contribution in [0.2, 0.25) is 0 Å². The van der Waals surface area contributed by atoms with E-state index in [0.29, 0.717) is 6.04 Å². The Morgan fingerprint density at radius 1 is 1.09 bits per heavy atom. The highest BCUT2D eigenvalue weighted by atomic mass is 35.5. The van der Waals surface area contributed by atoms with Crippen molar-refractivity contribution in [3.63, 3.8) is 0 Å². The maximum absolute atomic E-state index is 12.8. The van der Waals surface area contributed by atoms with Crippen molar-refractivity contribution in [3.8, 4) is 0 Å². The van der Waals surface area contributed by atoms with Gasteiger partial charge in [-0.1, -0.05) is 17.7 Å². The van der Waals surface area contributed by atoms with E-state index in [-0.39, 0.29) is 18.3 Å². The van der Waals surface area contributed by atoms with Gasteiger partial charge in [0.2, 0.25) is 0 Å². The number of aryl methyl sites for hydroxylation is 3. The Morgan fingerprint density at radius 2 is 1.65 bits per heavy atom. The first kappa shape index (κ1) is 18.3. The van der Waals surface area contributed by atoms with E-state index in [4.69, 9.17) is 0 Å². The Labute approximate surface area is 146 Å². The number of hydrogen-bond acceptors (Lipinski definition) is 2. The molecule has 1 saturated carbocycles. The molecule has 1 aliphatic carbocycles. The van der Waals surface area contributed by atoms with Crippen LogP contribution in [0.15, 0.2) is 12.1 Å². The number of amides is 1. The molecule has 1 saturated heterocycles. The van der Waals surface area contributed by atoms with Crippen molar-refractivity contribution >= 4 is 18.3 Å². The number of carbonyl (C=O) groups is 1. The van der Waals surface area contributed by atoms with Crippen LogP contribution in [-0.2, 0) is 0 Å². The molecule has 1 N–H and O–H groups in total. The summed E-state index contributed by atoms with van der Waals surface area (Å²) in [4.78, 5) is 14.9. The summed E-state index contributed by atoms with van der Waals surface area (Å²) < 4.78 is 0. The lowest BCUT2D eigenvalue weighted by Gasteiger charge is -2.33. The van der Waals surface area contributed by atoms with Gasteiger partial charge in [0.15, 0.2) is 0 Å². The fourth-order valence-corrected chi connectivity index (χ4v) is 3.62. The minimum absolute atomic E-state index is 0. The number of benzene rings is 1. The third-order valence-electron chi connectivity index (χ3n) is 5.07. The van der Waals surface area contributed by atoms with Crippen LogP contribution in [0.25, 0.3) is 0 Å². The van der Waals surface area contributed by atoms with Crippen molar-refractivity contribution < 1.29 is 4.79 Å². The number of likely N-dealkylation sites (tertiary alicyclic amines) is 1. The van der Waals surface area contributed by atoms with Gasteiger partial charge in [0.1, 0.15) is 0 Å². The fraction of sp³-hybridized carbons (Fsp3) is 0.632. The standard InChI is InChI=1S/C19H28N2O.ClH/c1-13-10-14(2)18(15(3)11-13)19(22)21-8-6-17(7-9-21)20-12-16-4-5-16;/h10-11,16-17,20H,4-9,12H2,1-3H3;1H. The largest absolute Gasteiger partial charge is 0.339 e. The van der Waals surface area contributed by atoms with E-state index in [9.17, 15) is 4.79 Å². The van der Waals surface area contributed by atoms with E-state index in [1.807, 2.05) is 4.90 Å². The molecule has 3 rings (SSSR count). The minimum Gasteiger partial charge on any atom is -0.339 e. The summed E-state index contributed by atoms with van der Waals surface area (Å²) >= 11 is 0. The summed E-state index contributed by atoms with van der Waals surface area (Å²) in [7, 11) is 0. The average Bonchev–Trinajstić information content (AvgIpc) is 3.28. The Hall–Kier alpha value is -1.06. The van der Waals surface area contributed by atoms with Crippen LogP contribution in [0.3, 0.4) is 0 Å². The third kappa shape index (κ3) is 4.48. The summed E-state index contributed by atoms with van der Waals surface area (Å²) in [6, 6.07) is 4.83. The zero-order chi connectivity index (χ0) is 15.7. The Morgan fingerprint density at radius 3 is 2.17 bits per heavy atom. The zero-order valence-corrected chi connectivity index (χ0v) is 15.3. The molecule has 1 amide bonds. The number of halogens is 1. The van der Waals surface area contributed by atoms with E-state index in [2.05, 4.69) is 38.2 Å². The van der Waals surface area contributed by atoms with Crippen molar-refractivity contribution in [2.45, 2.75) is 52.5 Å². The summed E-state index contributed by atoms with van der Waals surface area (Å²) in [5.74, 6) is 1.15. The molecular weight excluding hydrogens is 308 g/mol. The molecule has 0 atom stereocenters. The summed E-state index contributed by atoms with van der Waals surface area (Å²) in [5, 5.41) is 3.68. The SMILES string of the molecule is Cc1cc(C)c(C(=O)N2CCC(NCC3CC3)CC2)c(C)c1.Cl. The lowest BCUT2D eigenvalue weighted by Crippen LogP contribution is -2.45. The first-order valence-corrected chi connectivity index (χ1v) is 8.65. The molecule has 0 spiro atoms. The van der Waals surface area contributed by atoms with Gasteiger partial charge in [-0.05, 0) is 70.0 Å². The molecule has 23 heavy (non-hydrogen) atoms. The molecule has 1 heterocycles. The molecule has 0 bridgehead atoms. The van der Waals surface area contributed by atoms with Crippen molar-refractivity contribution in [3.05, 3.63) is 34.4 Å². The molecule has 128 valence electrons. The quantitative estimate of drug-likeness (QED) is 0.910. The Kier molecular flexibility index (Phi) is 6.10. The molecule has 1 aromatic carbocycles. The summed E-state index contributed by atoms with van der Waals surface area (Å²) in [6.07, 6.45) is 4.97. The lowest BCUT2D eigenvalue weighted by atomic mass is 9.97. The van der Waals surface area contributed by atoms with Gasteiger partial charge in [0.05, 0.1) is 0 Å². The van der Waals surface area contributed by atoms with Crippen LogP contribution in [0.5, 0.6) is 0 Å². The smallest absolute Gasteiger partial charge is 0.254 e. The fourth-order valence-electron chi connectivity index (χ4n) is 3.62. The Bertz CT molecular complexity index is 537. The second-order valence-corrected chi connectivity index (χ2v) is 7.19. The van der Waals surface area contributed by atoms with E-state index < -0.39 is 0 Å². The van der Waals surface area contributed by atoms with Crippen LogP contribution >= 0.6 is 12.4 Å². The topological polar surface area (TPSA) is 32.3 Å². The first-order valence-electron chi connectivity index (χ1n) is 8.65. The highest BCUT2D eigenvalue weighted by molar-refractivity contribution is 5.97. The number of nitrogens with zero attached hydrogens (tertiary/aromatic N) is 1. The van der Waals surface area contributed by atoms with E-state index in [0.717, 1.165) is 48.5 Å². The van der Waals surface area contributed by atoms with Gasteiger partial charge >= 0.3 is 0 Å². The Balaban J connectivity index is 0.00000192. The summed E-state index contributed by atoms with van der Waals surface area (Å²) in [6.45, 7) is 9.14. The molecule has 1 aliphatic heterocycles. The monoisotopic (exact) mass is 336 g/mol. The molecule has 2 aliphatic rings. The van der Waals surface area contributed by atoms with Crippen LogP contribution in [-0.4, -0.2) is 36.5 Å². The second kappa shape index (κ2) is 7.67. The van der Waals surface area contributed by atoms with Crippen LogP contribution < -0.4 is 5.32 Å². The van der Waals surface area contributed by atoms with Gasteiger partial charge in [0.25, 0.3) is 5.91 Å². The number of hydrogen-bond donors (Lipinski definition) is 1. The minimum atomic E-state index is 0. The van der Waals surface area contributed by atoms with Crippen molar-refractivity contribution in [1.82, 2.24) is 10.2 Å². The predicted molar refractivity (Wildman–Crippen MR) is 97.6 cm³/mol. The van der Waals surface area contributed by atoms with E-state index >= 15 is 0 Å². The van der Waals surface area contributed by atoms with Crippen molar-refractivity contribution in [2.75, 3.05) is 19.6 Å². The van der Waals surface area contributed by atoms with Crippen LogP contribution in [0.1, 0.15) is 52.7 Å².